The molecule has 0 bridgehead atoms. The molecule has 1 N–H and O–H groups in total. The highest BCUT2D eigenvalue weighted by Gasteiger charge is 2.42. The highest BCUT2D eigenvalue weighted by molar-refractivity contribution is 9.10. The van der Waals surface area contributed by atoms with Crippen molar-refractivity contribution in [1.29, 1.82) is 0 Å². The standard InChI is InChI=1S/C12H14BrNO3/c13-9-4-5-10(14-8-9)17-12(11(15)16)6-2-1-3-7-12/h4-5,8H,1-3,6-7H2,(H,15,16). The summed E-state index contributed by atoms with van der Waals surface area (Å²) in [4.78, 5) is 15.5. The minimum absolute atomic E-state index is 0.373. The van der Waals surface area contributed by atoms with Gasteiger partial charge in [0.2, 0.25) is 11.5 Å². The number of hydrogen-bond donors (Lipinski definition) is 1. The summed E-state index contributed by atoms with van der Waals surface area (Å²) in [6.45, 7) is 0. The second kappa shape index (κ2) is 5.04. The average molecular weight is 300 g/mol. The van der Waals surface area contributed by atoms with Gasteiger partial charge in [-0.2, -0.15) is 0 Å². The topological polar surface area (TPSA) is 59.4 Å². The van der Waals surface area contributed by atoms with Crippen molar-refractivity contribution < 1.29 is 14.6 Å². The highest BCUT2D eigenvalue weighted by Crippen LogP contribution is 2.32. The summed E-state index contributed by atoms with van der Waals surface area (Å²) in [6, 6.07) is 3.48. The zero-order chi connectivity index (χ0) is 12.3. The van der Waals surface area contributed by atoms with Crippen molar-refractivity contribution in [3.8, 4) is 5.88 Å². The number of halogens is 1. The quantitative estimate of drug-likeness (QED) is 0.932. The van der Waals surface area contributed by atoms with E-state index in [1.807, 2.05) is 0 Å². The molecule has 0 atom stereocenters. The first kappa shape index (κ1) is 12.4. The van der Waals surface area contributed by atoms with Crippen molar-refractivity contribution >= 4 is 21.9 Å². The molecule has 1 aliphatic rings. The van der Waals surface area contributed by atoms with Gasteiger partial charge in [-0.25, -0.2) is 9.78 Å². The third kappa shape index (κ3) is 2.77. The lowest BCUT2D eigenvalue weighted by Crippen LogP contribution is -2.46. The van der Waals surface area contributed by atoms with Gasteiger partial charge in [0.15, 0.2) is 0 Å². The van der Waals surface area contributed by atoms with Crippen molar-refractivity contribution in [3.63, 3.8) is 0 Å². The third-order valence-corrected chi connectivity index (χ3v) is 3.52. The van der Waals surface area contributed by atoms with Crippen LogP contribution in [0.15, 0.2) is 22.8 Å². The average Bonchev–Trinajstić information content (AvgIpc) is 2.33. The lowest BCUT2D eigenvalue weighted by Gasteiger charge is -2.33. The van der Waals surface area contributed by atoms with Gasteiger partial charge in [0.25, 0.3) is 0 Å². The molecule has 0 unspecified atom stereocenters. The minimum Gasteiger partial charge on any atom is -0.478 e. The minimum atomic E-state index is -1.08. The lowest BCUT2D eigenvalue weighted by atomic mass is 9.85. The zero-order valence-electron chi connectivity index (χ0n) is 9.36. The molecule has 92 valence electrons. The maximum Gasteiger partial charge on any atom is 0.348 e. The molecule has 0 aliphatic heterocycles. The molecule has 1 heterocycles. The molecule has 1 aromatic heterocycles. The Bertz CT molecular complexity index is 399. The number of carbonyl (C=O) groups is 1. The fourth-order valence-corrected chi connectivity index (χ4v) is 2.34. The molecule has 1 aliphatic carbocycles. The van der Waals surface area contributed by atoms with Gasteiger partial charge in [0.05, 0.1) is 0 Å². The van der Waals surface area contributed by atoms with Gasteiger partial charge < -0.3 is 9.84 Å². The summed E-state index contributed by atoms with van der Waals surface area (Å²) in [5.74, 6) is -0.514. The Labute approximate surface area is 108 Å². The lowest BCUT2D eigenvalue weighted by molar-refractivity contribution is -0.158. The number of aromatic nitrogens is 1. The number of aliphatic carboxylic acids is 1. The van der Waals surface area contributed by atoms with E-state index in [4.69, 9.17) is 4.74 Å². The van der Waals surface area contributed by atoms with E-state index in [2.05, 4.69) is 20.9 Å². The Hall–Kier alpha value is -1.10. The van der Waals surface area contributed by atoms with E-state index in [1.165, 1.54) is 0 Å². The Morgan fingerprint density at radius 2 is 2.06 bits per heavy atom. The maximum atomic E-state index is 11.4. The van der Waals surface area contributed by atoms with Crippen LogP contribution < -0.4 is 4.74 Å². The highest BCUT2D eigenvalue weighted by atomic mass is 79.9. The van der Waals surface area contributed by atoms with Crippen LogP contribution in [0.2, 0.25) is 0 Å². The number of hydrogen-bond acceptors (Lipinski definition) is 3. The van der Waals surface area contributed by atoms with E-state index < -0.39 is 11.6 Å². The summed E-state index contributed by atoms with van der Waals surface area (Å²) in [5, 5.41) is 9.34. The summed E-state index contributed by atoms with van der Waals surface area (Å²) >= 11 is 3.28. The largest absolute Gasteiger partial charge is 0.478 e. The van der Waals surface area contributed by atoms with E-state index >= 15 is 0 Å². The van der Waals surface area contributed by atoms with E-state index in [1.54, 1.807) is 18.3 Å². The molecule has 1 saturated carbocycles. The van der Waals surface area contributed by atoms with Crippen molar-refractivity contribution in [1.82, 2.24) is 4.98 Å². The molecule has 1 aromatic rings. The number of rotatable bonds is 3. The van der Waals surface area contributed by atoms with Gasteiger partial charge in [-0.05, 0) is 47.7 Å². The number of nitrogens with zero attached hydrogens (tertiary/aromatic N) is 1. The predicted octanol–water partition coefficient (Wildman–Crippen LogP) is 3.01. The molecule has 5 heteroatoms. The molecular formula is C12H14BrNO3. The van der Waals surface area contributed by atoms with E-state index in [-0.39, 0.29) is 0 Å². The number of ether oxygens (including phenoxy) is 1. The summed E-state index contributed by atoms with van der Waals surface area (Å²) in [7, 11) is 0. The fourth-order valence-electron chi connectivity index (χ4n) is 2.11. The molecule has 1 fully saturated rings. The molecule has 2 rings (SSSR count). The van der Waals surface area contributed by atoms with E-state index in [0.717, 1.165) is 23.7 Å². The maximum absolute atomic E-state index is 11.4. The Kier molecular flexibility index (Phi) is 3.66. The molecule has 0 saturated heterocycles. The zero-order valence-corrected chi connectivity index (χ0v) is 10.9. The number of carboxylic acids is 1. The predicted molar refractivity (Wildman–Crippen MR) is 66.0 cm³/mol. The van der Waals surface area contributed by atoms with Crippen LogP contribution in [-0.4, -0.2) is 21.7 Å². The van der Waals surface area contributed by atoms with Crippen molar-refractivity contribution in [2.24, 2.45) is 0 Å². The molecule has 4 nitrogen and oxygen atoms in total. The molecule has 0 aromatic carbocycles. The van der Waals surface area contributed by atoms with Crippen LogP contribution in [0.4, 0.5) is 0 Å². The second-order valence-electron chi connectivity index (χ2n) is 4.28. The Balaban J connectivity index is 2.17. The van der Waals surface area contributed by atoms with Gasteiger partial charge in [0, 0.05) is 16.7 Å². The second-order valence-corrected chi connectivity index (χ2v) is 5.19. The summed E-state index contributed by atoms with van der Waals surface area (Å²) in [6.07, 6.45) is 5.58. The van der Waals surface area contributed by atoms with Crippen LogP contribution in [0.25, 0.3) is 0 Å². The fraction of sp³-hybridized carbons (Fsp3) is 0.500. The molecule has 0 amide bonds. The van der Waals surface area contributed by atoms with Crippen LogP contribution in [0, 0.1) is 0 Å². The summed E-state index contributed by atoms with van der Waals surface area (Å²) < 4.78 is 6.47. The van der Waals surface area contributed by atoms with Gasteiger partial charge in [-0.15, -0.1) is 0 Å². The molecule has 0 radical (unpaired) electrons. The smallest absolute Gasteiger partial charge is 0.348 e. The molecular weight excluding hydrogens is 286 g/mol. The van der Waals surface area contributed by atoms with Crippen molar-refractivity contribution in [3.05, 3.63) is 22.8 Å². The van der Waals surface area contributed by atoms with Crippen LogP contribution in [0.1, 0.15) is 32.1 Å². The van der Waals surface area contributed by atoms with E-state index in [0.29, 0.717) is 18.7 Å². The first-order chi connectivity index (χ1) is 8.12. The van der Waals surface area contributed by atoms with Gasteiger partial charge in [0.1, 0.15) is 0 Å². The van der Waals surface area contributed by atoms with Crippen molar-refractivity contribution in [2.75, 3.05) is 0 Å². The van der Waals surface area contributed by atoms with Crippen LogP contribution in [0.5, 0.6) is 5.88 Å². The first-order valence-corrected chi connectivity index (χ1v) is 6.46. The summed E-state index contributed by atoms with van der Waals surface area (Å²) in [5.41, 5.74) is -1.08. The monoisotopic (exact) mass is 299 g/mol. The molecule has 17 heavy (non-hydrogen) atoms. The van der Waals surface area contributed by atoms with E-state index in [9.17, 15) is 9.90 Å². The first-order valence-electron chi connectivity index (χ1n) is 5.66. The van der Waals surface area contributed by atoms with Gasteiger partial charge in [-0.1, -0.05) is 6.42 Å². The van der Waals surface area contributed by atoms with Gasteiger partial charge in [-0.3, -0.25) is 0 Å². The van der Waals surface area contributed by atoms with Crippen LogP contribution in [-0.2, 0) is 4.79 Å². The SMILES string of the molecule is O=C(O)C1(Oc2ccc(Br)cn2)CCCCC1. The number of pyridine rings is 1. The van der Waals surface area contributed by atoms with Crippen molar-refractivity contribution in [2.45, 2.75) is 37.7 Å². The number of carboxylic acid groups (broad SMARTS) is 1. The Morgan fingerprint density at radius 1 is 1.35 bits per heavy atom. The van der Waals surface area contributed by atoms with Crippen LogP contribution in [0.3, 0.4) is 0 Å². The normalized spacial score (nSPS) is 18.6. The van der Waals surface area contributed by atoms with Crippen LogP contribution >= 0.6 is 15.9 Å². The Morgan fingerprint density at radius 3 is 2.59 bits per heavy atom. The molecule has 0 spiro atoms. The third-order valence-electron chi connectivity index (χ3n) is 3.05. The van der Waals surface area contributed by atoms with Gasteiger partial charge >= 0.3 is 5.97 Å².